The maximum Gasteiger partial charge on any atom is 0.115 e. The summed E-state index contributed by atoms with van der Waals surface area (Å²) in [6.07, 6.45) is 4.73. The van der Waals surface area contributed by atoms with Crippen LogP contribution < -0.4 is 0 Å². The summed E-state index contributed by atoms with van der Waals surface area (Å²) in [4.78, 5) is 8.42. The summed E-state index contributed by atoms with van der Waals surface area (Å²) in [7, 11) is 0. The molecule has 0 aliphatic carbocycles. The van der Waals surface area contributed by atoms with Crippen LogP contribution in [-0.2, 0) is 0 Å². The van der Waals surface area contributed by atoms with Crippen LogP contribution in [-0.4, -0.2) is 9.97 Å². The quantitative estimate of drug-likeness (QED) is 0.784. The Morgan fingerprint density at radius 2 is 1.75 bits per heavy atom. The molecular formula is C13H19ClN2. The van der Waals surface area contributed by atoms with E-state index in [-0.39, 0.29) is 0 Å². The van der Waals surface area contributed by atoms with E-state index in [1.54, 1.807) is 6.33 Å². The SMILES string of the molecule is CCC/C(CC)=C(/Cl)c1c(C)ncnc1C. The summed E-state index contributed by atoms with van der Waals surface area (Å²) in [6.45, 7) is 8.26. The molecule has 0 aliphatic rings. The molecule has 2 nitrogen and oxygen atoms in total. The fourth-order valence-electron chi connectivity index (χ4n) is 1.83. The molecule has 0 aromatic carbocycles. The van der Waals surface area contributed by atoms with E-state index >= 15 is 0 Å². The zero-order chi connectivity index (χ0) is 12.1. The predicted molar refractivity (Wildman–Crippen MR) is 69.5 cm³/mol. The predicted octanol–water partition coefficient (Wildman–Crippen LogP) is 4.25. The minimum Gasteiger partial charge on any atom is -0.241 e. The molecule has 0 N–H and O–H groups in total. The molecule has 16 heavy (non-hydrogen) atoms. The molecule has 0 amide bonds. The first kappa shape index (κ1) is 13.2. The van der Waals surface area contributed by atoms with Crippen LogP contribution in [0.1, 0.15) is 50.1 Å². The second-order valence-corrected chi connectivity index (χ2v) is 4.32. The smallest absolute Gasteiger partial charge is 0.115 e. The fraction of sp³-hybridized carbons (Fsp3) is 0.538. The lowest BCUT2D eigenvalue weighted by Crippen LogP contribution is -1.98. The van der Waals surface area contributed by atoms with Crippen molar-refractivity contribution in [3.05, 3.63) is 28.9 Å². The summed E-state index contributed by atoms with van der Waals surface area (Å²) in [5.74, 6) is 0. The maximum atomic E-state index is 6.46. The molecule has 0 radical (unpaired) electrons. The summed E-state index contributed by atoms with van der Waals surface area (Å²) in [6, 6.07) is 0. The van der Waals surface area contributed by atoms with E-state index in [0.717, 1.165) is 41.2 Å². The Morgan fingerprint density at radius 1 is 1.19 bits per heavy atom. The number of aryl methyl sites for hydroxylation is 2. The highest BCUT2D eigenvalue weighted by atomic mass is 35.5. The third-order valence-corrected chi connectivity index (χ3v) is 3.19. The highest BCUT2D eigenvalue weighted by Crippen LogP contribution is 2.30. The van der Waals surface area contributed by atoms with Crippen LogP contribution in [0.15, 0.2) is 11.9 Å². The molecule has 0 spiro atoms. The van der Waals surface area contributed by atoms with E-state index in [0.29, 0.717) is 0 Å². The third kappa shape index (κ3) is 2.82. The molecule has 0 fully saturated rings. The molecule has 0 atom stereocenters. The number of hydrogen-bond donors (Lipinski definition) is 0. The van der Waals surface area contributed by atoms with Crippen molar-refractivity contribution in [3.63, 3.8) is 0 Å². The average molecular weight is 239 g/mol. The molecule has 0 unspecified atom stereocenters. The Balaban J connectivity index is 3.25. The van der Waals surface area contributed by atoms with Gasteiger partial charge in [-0.25, -0.2) is 9.97 Å². The van der Waals surface area contributed by atoms with Crippen molar-refractivity contribution < 1.29 is 0 Å². The zero-order valence-electron chi connectivity index (χ0n) is 10.5. The van der Waals surface area contributed by atoms with Gasteiger partial charge in [-0.1, -0.05) is 37.4 Å². The van der Waals surface area contributed by atoms with E-state index in [4.69, 9.17) is 11.6 Å². The number of aromatic nitrogens is 2. The van der Waals surface area contributed by atoms with Gasteiger partial charge in [-0.2, -0.15) is 0 Å². The van der Waals surface area contributed by atoms with Crippen molar-refractivity contribution in [2.45, 2.75) is 47.0 Å². The van der Waals surface area contributed by atoms with Crippen molar-refractivity contribution in [2.75, 3.05) is 0 Å². The Kier molecular flexibility index (Phi) is 4.94. The topological polar surface area (TPSA) is 25.8 Å². The van der Waals surface area contributed by atoms with Crippen LogP contribution >= 0.6 is 11.6 Å². The molecule has 0 saturated carbocycles. The summed E-state index contributed by atoms with van der Waals surface area (Å²) < 4.78 is 0. The highest BCUT2D eigenvalue weighted by Gasteiger charge is 2.12. The Labute approximate surface area is 103 Å². The standard InChI is InChI=1S/C13H19ClN2/c1-5-7-11(6-2)13(14)12-9(3)15-8-16-10(12)4/h8H,5-7H2,1-4H3/b13-11+. The molecule has 1 heterocycles. The summed E-state index contributed by atoms with van der Waals surface area (Å²) >= 11 is 6.46. The van der Waals surface area contributed by atoms with Gasteiger partial charge in [0, 0.05) is 17.0 Å². The Bertz CT molecular complexity index is 377. The van der Waals surface area contributed by atoms with Gasteiger partial charge in [0.15, 0.2) is 0 Å². The van der Waals surface area contributed by atoms with E-state index in [9.17, 15) is 0 Å². The van der Waals surface area contributed by atoms with Crippen LogP contribution in [0.2, 0.25) is 0 Å². The first-order valence-corrected chi connectivity index (χ1v) is 6.15. The van der Waals surface area contributed by atoms with E-state index in [1.807, 2.05) is 13.8 Å². The number of halogens is 1. The van der Waals surface area contributed by atoms with Gasteiger partial charge >= 0.3 is 0 Å². The molecule has 0 bridgehead atoms. The van der Waals surface area contributed by atoms with E-state index < -0.39 is 0 Å². The Morgan fingerprint density at radius 3 is 2.19 bits per heavy atom. The van der Waals surface area contributed by atoms with Crippen LogP contribution in [0.5, 0.6) is 0 Å². The van der Waals surface area contributed by atoms with Gasteiger partial charge in [-0.05, 0) is 26.7 Å². The van der Waals surface area contributed by atoms with Crippen LogP contribution in [0.3, 0.4) is 0 Å². The second-order valence-electron chi connectivity index (χ2n) is 3.94. The van der Waals surface area contributed by atoms with Gasteiger partial charge in [0.25, 0.3) is 0 Å². The molecular weight excluding hydrogens is 220 g/mol. The van der Waals surface area contributed by atoms with Crippen LogP contribution in [0.25, 0.3) is 5.03 Å². The zero-order valence-corrected chi connectivity index (χ0v) is 11.2. The first-order valence-electron chi connectivity index (χ1n) is 5.77. The number of allylic oxidation sites excluding steroid dienone is 1. The Hall–Kier alpha value is -0.890. The van der Waals surface area contributed by atoms with Gasteiger partial charge in [0.1, 0.15) is 6.33 Å². The molecule has 0 saturated heterocycles. The fourth-order valence-corrected chi connectivity index (χ4v) is 2.33. The molecule has 0 aliphatic heterocycles. The molecule has 1 aromatic heterocycles. The molecule has 1 rings (SSSR count). The average Bonchev–Trinajstić information content (AvgIpc) is 2.25. The van der Waals surface area contributed by atoms with Crippen molar-refractivity contribution in [2.24, 2.45) is 0 Å². The van der Waals surface area contributed by atoms with Crippen molar-refractivity contribution in [1.29, 1.82) is 0 Å². The van der Waals surface area contributed by atoms with Crippen molar-refractivity contribution in [3.8, 4) is 0 Å². The number of rotatable bonds is 4. The van der Waals surface area contributed by atoms with Crippen molar-refractivity contribution >= 4 is 16.6 Å². The lowest BCUT2D eigenvalue weighted by Gasteiger charge is -2.11. The van der Waals surface area contributed by atoms with Crippen LogP contribution in [0.4, 0.5) is 0 Å². The highest BCUT2D eigenvalue weighted by molar-refractivity contribution is 6.49. The lowest BCUT2D eigenvalue weighted by atomic mass is 10.0. The summed E-state index contributed by atoms with van der Waals surface area (Å²) in [5.41, 5.74) is 4.22. The van der Waals surface area contributed by atoms with E-state index in [2.05, 4.69) is 23.8 Å². The van der Waals surface area contributed by atoms with Gasteiger partial charge in [-0.3, -0.25) is 0 Å². The maximum absolute atomic E-state index is 6.46. The van der Waals surface area contributed by atoms with Gasteiger partial charge < -0.3 is 0 Å². The molecule has 88 valence electrons. The van der Waals surface area contributed by atoms with Crippen molar-refractivity contribution in [1.82, 2.24) is 9.97 Å². The molecule has 1 aromatic rings. The normalized spacial score (nSPS) is 12.6. The first-order chi connectivity index (χ1) is 7.61. The minimum atomic E-state index is 0.847. The van der Waals surface area contributed by atoms with Gasteiger partial charge in [0.2, 0.25) is 0 Å². The second kappa shape index (κ2) is 6.00. The number of hydrogen-bond acceptors (Lipinski definition) is 2. The van der Waals surface area contributed by atoms with Gasteiger partial charge in [0.05, 0.1) is 5.03 Å². The minimum absolute atomic E-state index is 0.847. The van der Waals surface area contributed by atoms with Gasteiger partial charge in [-0.15, -0.1) is 0 Å². The third-order valence-electron chi connectivity index (χ3n) is 2.73. The summed E-state index contributed by atoms with van der Waals surface area (Å²) in [5, 5.41) is 0.847. The monoisotopic (exact) mass is 238 g/mol. The molecule has 3 heteroatoms. The van der Waals surface area contributed by atoms with Crippen LogP contribution in [0, 0.1) is 13.8 Å². The number of nitrogens with zero attached hydrogens (tertiary/aromatic N) is 2. The largest absolute Gasteiger partial charge is 0.241 e. The lowest BCUT2D eigenvalue weighted by molar-refractivity contribution is 0.863. The van der Waals surface area contributed by atoms with E-state index in [1.165, 1.54) is 5.57 Å².